The largest absolute Gasteiger partial charge is 0.416 e. The van der Waals surface area contributed by atoms with E-state index < -0.39 is 11.7 Å². The summed E-state index contributed by atoms with van der Waals surface area (Å²) in [5.74, 6) is 0.458. The Morgan fingerprint density at radius 2 is 1.84 bits per heavy atom. The highest BCUT2D eigenvalue weighted by Gasteiger charge is 2.36. The first kappa shape index (κ1) is 20.0. The summed E-state index contributed by atoms with van der Waals surface area (Å²) in [5.41, 5.74) is 0.156. The van der Waals surface area contributed by atoms with E-state index in [1.807, 2.05) is 11.8 Å². The lowest BCUT2D eigenvalue weighted by atomic mass is 9.86. The molecular formula is C18H24ClF3N2O. The van der Waals surface area contributed by atoms with Gasteiger partial charge in [0.2, 0.25) is 5.91 Å². The maximum absolute atomic E-state index is 12.9. The topological polar surface area (TPSA) is 32.3 Å². The number of nitrogens with zero attached hydrogens (tertiary/aromatic N) is 1. The van der Waals surface area contributed by atoms with Gasteiger partial charge in [-0.2, -0.15) is 13.2 Å². The number of carbonyl (C=O) groups is 1. The monoisotopic (exact) mass is 376 g/mol. The molecule has 0 saturated carbocycles. The van der Waals surface area contributed by atoms with Gasteiger partial charge in [0.15, 0.2) is 0 Å². The first-order chi connectivity index (χ1) is 11.4. The van der Waals surface area contributed by atoms with E-state index in [0.717, 1.165) is 50.0 Å². The third-order valence-electron chi connectivity index (χ3n) is 5.32. The molecule has 1 N–H and O–H groups in total. The second-order valence-electron chi connectivity index (χ2n) is 6.87. The van der Waals surface area contributed by atoms with E-state index in [0.29, 0.717) is 12.5 Å². The summed E-state index contributed by atoms with van der Waals surface area (Å²) in [7, 11) is 0. The van der Waals surface area contributed by atoms with Crippen LogP contribution in [-0.2, 0) is 11.0 Å². The summed E-state index contributed by atoms with van der Waals surface area (Å²) in [5, 5.41) is 3.19. The number of piperidine rings is 1. The second-order valence-corrected chi connectivity index (χ2v) is 6.87. The first-order valence-corrected chi connectivity index (χ1v) is 8.56. The van der Waals surface area contributed by atoms with Crippen molar-refractivity contribution in [2.24, 2.45) is 11.8 Å². The Hall–Kier alpha value is -1.27. The number of hydrogen-bond acceptors (Lipinski definition) is 2. The van der Waals surface area contributed by atoms with Crippen molar-refractivity contribution in [1.82, 2.24) is 10.2 Å². The van der Waals surface area contributed by atoms with Gasteiger partial charge in [-0.25, -0.2) is 0 Å². The third-order valence-corrected chi connectivity index (χ3v) is 5.32. The molecule has 0 aromatic heterocycles. The number of halogens is 4. The van der Waals surface area contributed by atoms with Gasteiger partial charge in [0.25, 0.3) is 0 Å². The van der Waals surface area contributed by atoms with Crippen molar-refractivity contribution < 1.29 is 18.0 Å². The van der Waals surface area contributed by atoms with Crippen LogP contribution in [-0.4, -0.2) is 30.4 Å². The lowest BCUT2D eigenvalue weighted by molar-refractivity contribution is -0.141. The quantitative estimate of drug-likeness (QED) is 0.863. The van der Waals surface area contributed by atoms with E-state index in [9.17, 15) is 18.0 Å². The highest BCUT2D eigenvalue weighted by atomic mass is 35.5. The van der Waals surface area contributed by atoms with Gasteiger partial charge in [-0.05, 0) is 56.0 Å². The molecule has 0 bridgehead atoms. The Morgan fingerprint density at radius 1 is 1.20 bits per heavy atom. The summed E-state index contributed by atoms with van der Waals surface area (Å²) >= 11 is 0. The van der Waals surface area contributed by atoms with Crippen molar-refractivity contribution in [1.29, 1.82) is 0 Å². The fraction of sp³-hybridized carbons (Fsp3) is 0.611. The van der Waals surface area contributed by atoms with Crippen LogP contribution in [0.25, 0.3) is 0 Å². The van der Waals surface area contributed by atoms with Crippen LogP contribution in [0, 0.1) is 11.8 Å². The van der Waals surface area contributed by atoms with Crippen molar-refractivity contribution in [3.05, 3.63) is 35.4 Å². The molecule has 7 heteroatoms. The molecule has 3 nitrogen and oxygen atoms in total. The zero-order chi connectivity index (χ0) is 17.3. The fourth-order valence-corrected chi connectivity index (χ4v) is 3.56. The molecule has 2 fully saturated rings. The van der Waals surface area contributed by atoms with Crippen LogP contribution in [0.15, 0.2) is 24.3 Å². The van der Waals surface area contributed by atoms with E-state index in [2.05, 4.69) is 5.32 Å². The molecule has 2 atom stereocenters. The first-order valence-electron chi connectivity index (χ1n) is 8.56. The molecule has 1 amide bonds. The molecule has 3 rings (SSSR count). The van der Waals surface area contributed by atoms with Crippen molar-refractivity contribution in [2.75, 3.05) is 19.6 Å². The van der Waals surface area contributed by atoms with E-state index >= 15 is 0 Å². The number of hydrogen-bond donors (Lipinski definition) is 1. The summed E-state index contributed by atoms with van der Waals surface area (Å²) in [6.45, 7) is 4.39. The van der Waals surface area contributed by atoms with Crippen LogP contribution in [0.1, 0.15) is 43.4 Å². The number of carbonyl (C=O) groups excluding carboxylic acids is 1. The molecule has 0 radical (unpaired) electrons. The minimum Gasteiger partial charge on any atom is -0.335 e. The zero-order valence-electron chi connectivity index (χ0n) is 14.2. The second kappa shape index (κ2) is 7.96. The molecule has 1 aromatic rings. The Kier molecular flexibility index (Phi) is 6.38. The number of alkyl halides is 3. The van der Waals surface area contributed by atoms with Gasteiger partial charge < -0.3 is 10.2 Å². The Morgan fingerprint density at radius 3 is 2.36 bits per heavy atom. The smallest absolute Gasteiger partial charge is 0.335 e. The van der Waals surface area contributed by atoms with E-state index in [-0.39, 0.29) is 30.3 Å². The normalized spacial score (nSPS) is 22.7. The van der Waals surface area contributed by atoms with Crippen LogP contribution in [0.2, 0.25) is 0 Å². The molecule has 25 heavy (non-hydrogen) atoms. The van der Waals surface area contributed by atoms with Gasteiger partial charge in [0, 0.05) is 12.5 Å². The summed E-state index contributed by atoms with van der Waals surface area (Å²) in [6, 6.07) is 5.17. The predicted molar refractivity (Wildman–Crippen MR) is 92.5 cm³/mol. The third kappa shape index (κ3) is 4.29. The highest BCUT2D eigenvalue weighted by molar-refractivity contribution is 5.85. The standard InChI is InChI=1S/C18H23F3N2O.ClH/c1-12(14-10-22-11-14)17(24)23-9-3-2-4-16(23)13-5-7-15(8-6-13)18(19,20)21;/h5-8,12,14,16,22H,2-4,9-11H2,1H3;1H. The molecule has 1 aromatic carbocycles. The van der Waals surface area contributed by atoms with E-state index in [1.165, 1.54) is 12.1 Å². The highest BCUT2D eigenvalue weighted by Crippen LogP contribution is 2.35. The van der Waals surface area contributed by atoms with Gasteiger partial charge in [-0.1, -0.05) is 19.1 Å². The number of benzene rings is 1. The maximum Gasteiger partial charge on any atom is 0.416 e. The SMILES string of the molecule is CC(C(=O)N1CCCCC1c1ccc(C(F)(F)F)cc1)C1CNC1.Cl. The van der Waals surface area contributed by atoms with Crippen LogP contribution >= 0.6 is 12.4 Å². The number of rotatable bonds is 3. The number of likely N-dealkylation sites (tertiary alicyclic amines) is 1. The van der Waals surface area contributed by atoms with Gasteiger partial charge in [-0.15, -0.1) is 12.4 Å². The minimum atomic E-state index is -4.33. The van der Waals surface area contributed by atoms with E-state index in [4.69, 9.17) is 0 Å². The zero-order valence-corrected chi connectivity index (χ0v) is 15.0. The van der Waals surface area contributed by atoms with E-state index in [1.54, 1.807) is 0 Å². The molecule has 140 valence electrons. The van der Waals surface area contributed by atoms with Gasteiger partial charge in [-0.3, -0.25) is 4.79 Å². The summed E-state index contributed by atoms with van der Waals surface area (Å²) < 4.78 is 38.2. The number of amides is 1. The molecule has 2 heterocycles. The molecule has 0 spiro atoms. The molecule has 2 aliphatic heterocycles. The predicted octanol–water partition coefficient (Wildman–Crippen LogP) is 4.04. The molecule has 2 aliphatic rings. The Bertz CT molecular complexity index is 587. The van der Waals surface area contributed by atoms with Gasteiger partial charge in [0.05, 0.1) is 11.6 Å². The molecule has 0 aliphatic carbocycles. The van der Waals surface area contributed by atoms with Gasteiger partial charge in [0.1, 0.15) is 0 Å². The molecule has 2 saturated heterocycles. The van der Waals surface area contributed by atoms with Crippen molar-refractivity contribution in [3.63, 3.8) is 0 Å². The lowest BCUT2D eigenvalue weighted by Gasteiger charge is -2.41. The van der Waals surface area contributed by atoms with Crippen molar-refractivity contribution >= 4 is 18.3 Å². The summed E-state index contributed by atoms with van der Waals surface area (Å²) in [6.07, 6.45) is -1.56. The maximum atomic E-state index is 12.9. The molecule has 2 unspecified atom stereocenters. The van der Waals surface area contributed by atoms with Gasteiger partial charge >= 0.3 is 6.18 Å². The lowest BCUT2D eigenvalue weighted by Crippen LogP contribution is -2.51. The fourth-order valence-electron chi connectivity index (χ4n) is 3.56. The van der Waals surface area contributed by atoms with Crippen LogP contribution in [0.5, 0.6) is 0 Å². The average Bonchev–Trinajstić information content (AvgIpc) is 2.52. The van der Waals surface area contributed by atoms with Crippen molar-refractivity contribution in [2.45, 2.75) is 38.4 Å². The molecular weight excluding hydrogens is 353 g/mol. The van der Waals surface area contributed by atoms with Crippen molar-refractivity contribution in [3.8, 4) is 0 Å². The average molecular weight is 377 g/mol. The van der Waals surface area contributed by atoms with Crippen LogP contribution in [0.4, 0.5) is 13.2 Å². The Labute approximate surface area is 152 Å². The minimum absolute atomic E-state index is 0. The van der Waals surface area contributed by atoms with Crippen LogP contribution < -0.4 is 5.32 Å². The summed E-state index contributed by atoms with van der Waals surface area (Å²) in [4.78, 5) is 14.7. The van der Waals surface area contributed by atoms with Crippen LogP contribution in [0.3, 0.4) is 0 Å². The Balaban J connectivity index is 0.00000225. The number of nitrogens with one attached hydrogen (secondary N) is 1.